The summed E-state index contributed by atoms with van der Waals surface area (Å²) in [6.45, 7) is 2.05. The van der Waals surface area contributed by atoms with Gasteiger partial charge in [0, 0.05) is 18.0 Å². The van der Waals surface area contributed by atoms with E-state index >= 15 is 0 Å². The molecule has 0 spiro atoms. The summed E-state index contributed by atoms with van der Waals surface area (Å²) < 4.78 is 38.3. The molecular weight excluding hydrogens is 418 g/mol. The van der Waals surface area contributed by atoms with Gasteiger partial charge in [-0.1, -0.05) is 19.1 Å². The number of carbonyl (C=O) groups is 1. The second kappa shape index (κ2) is 9.48. The number of pyridine rings is 1. The van der Waals surface area contributed by atoms with Gasteiger partial charge < -0.3 is 14.8 Å². The maximum Gasteiger partial charge on any atom is 0.262 e. The van der Waals surface area contributed by atoms with Gasteiger partial charge in [-0.2, -0.15) is 0 Å². The minimum absolute atomic E-state index is 0.0176. The molecule has 0 saturated heterocycles. The van der Waals surface area contributed by atoms with Gasteiger partial charge in [0.2, 0.25) is 0 Å². The van der Waals surface area contributed by atoms with E-state index in [-0.39, 0.29) is 21.9 Å². The number of nitrogens with one attached hydrogen (secondary N) is 2. The van der Waals surface area contributed by atoms with Gasteiger partial charge in [0.05, 0.1) is 36.6 Å². The molecule has 0 aliphatic rings. The summed E-state index contributed by atoms with van der Waals surface area (Å²) in [5.41, 5.74) is 2.17. The van der Waals surface area contributed by atoms with E-state index < -0.39 is 15.9 Å². The summed E-state index contributed by atoms with van der Waals surface area (Å²) in [5, 5.41) is 2.77. The number of aromatic nitrogens is 1. The van der Waals surface area contributed by atoms with Gasteiger partial charge in [-0.3, -0.25) is 14.5 Å². The van der Waals surface area contributed by atoms with Crippen LogP contribution in [0.25, 0.3) is 0 Å². The van der Waals surface area contributed by atoms with Gasteiger partial charge in [-0.05, 0) is 42.3 Å². The van der Waals surface area contributed by atoms with Crippen molar-refractivity contribution in [2.45, 2.75) is 18.2 Å². The van der Waals surface area contributed by atoms with Crippen LogP contribution in [0.15, 0.2) is 65.8 Å². The molecule has 0 radical (unpaired) electrons. The molecule has 3 rings (SSSR count). The number of benzene rings is 2. The fraction of sp³-hybridized carbons (Fsp3) is 0.182. The molecule has 8 nitrogen and oxygen atoms in total. The molecule has 0 aliphatic heterocycles. The monoisotopic (exact) mass is 441 g/mol. The number of methoxy groups -OCH3 is 2. The Hall–Kier alpha value is -3.59. The highest BCUT2D eigenvalue weighted by molar-refractivity contribution is 7.92. The summed E-state index contributed by atoms with van der Waals surface area (Å²) in [7, 11) is -1.05. The van der Waals surface area contributed by atoms with E-state index in [1.165, 1.54) is 50.9 Å². The molecule has 0 saturated carbocycles. The van der Waals surface area contributed by atoms with Crippen molar-refractivity contribution in [2.75, 3.05) is 24.3 Å². The number of sulfonamides is 1. The topological polar surface area (TPSA) is 107 Å². The lowest BCUT2D eigenvalue weighted by molar-refractivity contribution is 0.102. The first-order valence-corrected chi connectivity index (χ1v) is 10.9. The highest BCUT2D eigenvalue weighted by Crippen LogP contribution is 2.30. The minimum atomic E-state index is -3.94. The van der Waals surface area contributed by atoms with Crippen LogP contribution in [-0.4, -0.2) is 33.5 Å². The Balaban J connectivity index is 1.78. The van der Waals surface area contributed by atoms with Gasteiger partial charge in [-0.15, -0.1) is 0 Å². The van der Waals surface area contributed by atoms with Crippen LogP contribution in [0.1, 0.15) is 22.8 Å². The summed E-state index contributed by atoms with van der Waals surface area (Å²) in [6.07, 6.45) is 3.59. The van der Waals surface area contributed by atoms with Gasteiger partial charge in [0.15, 0.2) is 11.5 Å². The van der Waals surface area contributed by atoms with E-state index in [4.69, 9.17) is 9.47 Å². The zero-order valence-corrected chi connectivity index (χ0v) is 18.2. The first kappa shape index (κ1) is 22.1. The molecule has 9 heteroatoms. The fourth-order valence-corrected chi connectivity index (χ4v) is 3.89. The van der Waals surface area contributed by atoms with E-state index in [1.807, 2.05) is 31.2 Å². The van der Waals surface area contributed by atoms with Crippen molar-refractivity contribution >= 4 is 27.3 Å². The average molecular weight is 442 g/mol. The summed E-state index contributed by atoms with van der Waals surface area (Å²) in [6, 6.07) is 13.2. The van der Waals surface area contributed by atoms with Crippen LogP contribution >= 0.6 is 0 Å². The Morgan fingerprint density at radius 2 is 1.65 bits per heavy atom. The summed E-state index contributed by atoms with van der Waals surface area (Å²) in [5.74, 6) is 0.295. The molecule has 3 aromatic rings. The van der Waals surface area contributed by atoms with Gasteiger partial charge >= 0.3 is 0 Å². The van der Waals surface area contributed by atoms with Crippen LogP contribution in [0, 0.1) is 0 Å². The van der Waals surface area contributed by atoms with Crippen LogP contribution in [0.3, 0.4) is 0 Å². The Labute approximate surface area is 181 Å². The molecule has 0 atom stereocenters. The number of carbonyl (C=O) groups excluding carboxylic acids is 1. The number of nitrogens with zero attached hydrogens (tertiary/aromatic N) is 1. The van der Waals surface area contributed by atoms with Crippen molar-refractivity contribution in [3.8, 4) is 11.5 Å². The third-order valence-electron chi connectivity index (χ3n) is 4.54. The maximum atomic E-state index is 12.8. The molecule has 1 amide bonds. The zero-order valence-electron chi connectivity index (χ0n) is 17.4. The third-order valence-corrected chi connectivity index (χ3v) is 5.92. The predicted molar refractivity (Wildman–Crippen MR) is 118 cm³/mol. The average Bonchev–Trinajstić information content (AvgIpc) is 2.79. The summed E-state index contributed by atoms with van der Waals surface area (Å²) in [4.78, 5) is 16.5. The van der Waals surface area contributed by atoms with Crippen molar-refractivity contribution < 1.29 is 22.7 Å². The normalized spacial score (nSPS) is 10.9. The molecule has 2 N–H and O–H groups in total. The lowest BCUT2D eigenvalue weighted by Gasteiger charge is -2.12. The highest BCUT2D eigenvalue weighted by Gasteiger charge is 2.18. The molecular formula is C22H23N3O5S. The number of anilines is 2. The number of hydrogen-bond acceptors (Lipinski definition) is 6. The molecule has 0 unspecified atom stereocenters. The number of hydrogen-bond donors (Lipinski definition) is 2. The maximum absolute atomic E-state index is 12.8. The van der Waals surface area contributed by atoms with Gasteiger partial charge in [0.1, 0.15) is 0 Å². The molecule has 162 valence electrons. The Morgan fingerprint density at radius 1 is 0.935 bits per heavy atom. The van der Waals surface area contributed by atoms with Crippen molar-refractivity contribution in [1.29, 1.82) is 0 Å². The molecule has 0 bridgehead atoms. The molecule has 1 aromatic heterocycles. The smallest absolute Gasteiger partial charge is 0.262 e. The Kier molecular flexibility index (Phi) is 6.76. The predicted octanol–water partition coefficient (Wildman–Crippen LogP) is 3.71. The number of amides is 1. The van der Waals surface area contributed by atoms with Crippen LogP contribution in [0.5, 0.6) is 11.5 Å². The number of aryl methyl sites for hydroxylation is 1. The van der Waals surface area contributed by atoms with Crippen molar-refractivity contribution in [3.63, 3.8) is 0 Å². The first-order valence-electron chi connectivity index (χ1n) is 9.46. The van der Waals surface area contributed by atoms with E-state index in [1.54, 1.807) is 0 Å². The largest absolute Gasteiger partial charge is 0.493 e. The lowest BCUT2D eigenvalue weighted by Crippen LogP contribution is -2.16. The van der Waals surface area contributed by atoms with E-state index in [2.05, 4.69) is 15.0 Å². The van der Waals surface area contributed by atoms with E-state index in [0.29, 0.717) is 11.4 Å². The lowest BCUT2D eigenvalue weighted by atomic mass is 10.1. The molecule has 31 heavy (non-hydrogen) atoms. The zero-order chi connectivity index (χ0) is 22.4. The quantitative estimate of drug-likeness (QED) is 0.552. The highest BCUT2D eigenvalue weighted by atomic mass is 32.2. The van der Waals surface area contributed by atoms with Crippen molar-refractivity contribution in [2.24, 2.45) is 0 Å². The summed E-state index contributed by atoms with van der Waals surface area (Å²) >= 11 is 0. The van der Waals surface area contributed by atoms with E-state index in [0.717, 1.165) is 12.0 Å². The molecule has 1 heterocycles. The van der Waals surface area contributed by atoms with Crippen molar-refractivity contribution in [3.05, 3.63) is 72.1 Å². The molecule has 0 fully saturated rings. The second-order valence-electron chi connectivity index (χ2n) is 6.59. The van der Waals surface area contributed by atoms with Crippen LogP contribution in [-0.2, 0) is 16.4 Å². The third kappa shape index (κ3) is 5.32. The van der Waals surface area contributed by atoms with Crippen LogP contribution in [0.2, 0.25) is 0 Å². The minimum Gasteiger partial charge on any atom is -0.493 e. The SMILES string of the molecule is CCc1ccc(NC(=O)c2cncc(NS(=O)(=O)c3ccc(OC)c(OC)c3)c2)cc1. The molecule has 0 aliphatic carbocycles. The Morgan fingerprint density at radius 3 is 2.29 bits per heavy atom. The molecule has 2 aromatic carbocycles. The Bertz CT molecular complexity index is 1180. The van der Waals surface area contributed by atoms with Gasteiger partial charge in [0.25, 0.3) is 15.9 Å². The van der Waals surface area contributed by atoms with Crippen LogP contribution < -0.4 is 19.5 Å². The number of rotatable bonds is 8. The van der Waals surface area contributed by atoms with E-state index in [9.17, 15) is 13.2 Å². The van der Waals surface area contributed by atoms with Gasteiger partial charge in [-0.25, -0.2) is 8.42 Å². The standard InChI is InChI=1S/C22H23N3O5S/c1-4-15-5-7-17(8-6-15)24-22(26)16-11-18(14-23-13-16)25-31(27,28)19-9-10-20(29-2)21(12-19)30-3/h5-14,25H,4H2,1-3H3,(H,24,26). The second-order valence-corrected chi connectivity index (χ2v) is 8.27. The van der Waals surface area contributed by atoms with Crippen molar-refractivity contribution in [1.82, 2.24) is 4.98 Å². The first-order chi connectivity index (χ1) is 14.9. The van der Waals surface area contributed by atoms with Crippen LogP contribution in [0.4, 0.5) is 11.4 Å². The number of ether oxygens (including phenoxy) is 2. The fourth-order valence-electron chi connectivity index (χ4n) is 2.84.